The number of hydrogen-bond acceptors (Lipinski definition) is 22. The molecule has 5 heterocycles. The smallest absolute Gasteiger partial charge is 0.335 e. The lowest BCUT2D eigenvalue weighted by molar-refractivity contribution is -0.271. The minimum absolute atomic E-state index is 0.000135. The van der Waals surface area contributed by atoms with Gasteiger partial charge in [0.1, 0.15) is 54.5 Å². The number of methoxy groups -OCH3 is 3. The van der Waals surface area contributed by atoms with Crippen molar-refractivity contribution < 1.29 is 101 Å². The van der Waals surface area contributed by atoms with Gasteiger partial charge in [0.25, 0.3) is 11.8 Å². The van der Waals surface area contributed by atoms with Crippen LogP contribution in [0.3, 0.4) is 0 Å². The van der Waals surface area contributed by atoms with Crippen LogP contribution in [0.15, 0.2) is 113 Å². The highest BCUT2D eigenvalue weighted by Gasteiger charge is 2.48. The lowest BCUT2D eigenvalue weighted by Gasteiger charge is -2.38. The highest BCUT2D eigenvalue weighted by molar-refractivity contribution is 6.06. The molecular weight excluding hydrogens is 1290 g/mol. The molecule has 2 unspecified atom stereocenters. The van der Waals surface area contributed by atoms with Crippen LogP contribution in [-0.2, 0) is 39.6 Å². The van der Waals surface area contributed by atoms with Gasteiger partial charge in [0.2, 0.25) is 6.29 Å². The van der Waals surface area contributed by atoms with Crippen molar-refractivity contribution in [3.05, 3.63) is 131 Å². The zero-order valence-electron chi connectivity index (χ0n) is 56.6. The standard InChI is InChI=1S/C75H88N4O21/c1-5-24-96-63-40-58(99-75-70(82)68(80)69(81)71(100-75)74(85)86)23-18-51(63)13-6-7-25-90-26-8-27-91-28-9-29-92-30-10-31-93-32-11-33-94-36-37-95-57-21-16-50(17-22-57)53-39-55-46-77-62-44-67(65(89-4)42-60(62)73(84)79(55)48-53)98-35-12-34-97-66-43-61-59(41-64(66)88-3)72(83)78-47-52(38-54(78)45-76-61)49-14-19-56(87-2)20-15-49/h1,14-23,40-48,54-55,68-71,75,80-82H,6-13,24-39H2,2-4H3,(H,85,86)/t54?,55?,68-,69-,70+,71-,75+/m0/s1. The predicted octanol–water partition coefficient (Wildman–Crippen LogP) is 8.83. The third-order valence-electron chi connectivity index (χ3n) is 17.1. The van der Waals surface area contributed by atoms with Gasteiger partial charge in [-0.2, -0.15) is 0 Å². The zero-order chi connectivity index (χ0) is 70.2. The van der Waals surface area contributed by atoms with Crippen LogP contribution in [0.5, 0.6) is 46.0 Å². The number of rotatable bonds is 41. The van der Waals surface area contributed by atoms with Gasteiger partial charge in [-0.15, -0.1) is 6.42 Å². The first-order valence-electron chi connectivity index (χ1n) is 33.7. The fourth-order valence-electron chi connectivity index (χ4n) is 11.8. The van der Waals surface area contributed by atoms with E-state index < -0.39 is 36.7 Å². The molecule has 2 amide bonds. The molecule has 0 spiro atoms. The summed E-state index contributed by atoms with van der Waals surface area (Å²) in [5.74, 6) is 4.39. The van der Waals surface area contributed by atoms with Crippen LogP contribution in [0.2, 0.25) is 0 Å². The normalized spacial score (nSPS) is 19.7. The quantitative estimate of drug-likeness (QED) is 0.0210. The van der Waals surface area contributed by atoms with E-state index in [1.165, 1.54) is 14.2 Å². The minimum atomic E-state index is -1.83. The fourth-order valence-corrected chi connectivity index (χ4v) is 11.8. The number of terminal acetylenes is 1. The Morgan fingerprint density at radius 2 is 0.990 bits per heavy atom. The molecule has 0 aromatic heterocycles. The van der Waals surface area contributed by atoms with E-state index in [0.29, 0.717) is 150 Å². The number of amides is 2. The van der Waals surface area contributed by atoms with Crippen LogP contribution in [0.4, 0.5) is 11.4 Å². The number of carbonyl (C=O) groups is 3. The Bertz CT molecular complexity index is 3700. The summed E-state index contributed by atoms with van der Waals surface area (Å²) < 4.78 is 80.4. The first-order chi connectivity index (χ1) is 48.8. The monoisotopic (exact) mass is 1380 g/mol. The number of aliphatic hydroxyl groups excluding tert-OH is 3. The molecule has 1 saturated heterocycles. The number of aliphatic hydroxyl groups is 3. The molecule has 25 nitrogen and oxygen atoms in total. The van der Waals surface area contributed by atoms with E-state index in [-0.39, 0.29) is 49.5 Å². The first kappa shape index (κ1) is 73.6. The molecule has 5 aliphatic rings. The van der Waals surface area contributed by atoms with Gasteiger partial charge in [-0.1, -0.05) is 36.3 Å². The van der Waals surface area contributed by atoms with Gasteiger partial charge in [-0.05, 0) is 115 Å². The summed E-state index contributed by atoms with van der Waals surface area (Å²) in [6.45, 7) is 6.73. The molecule has 1 fully saturated rings. The first-order valence-corrected chi connectivity index (χ1v) is 33.7. The van der Waals surface area contributed by atoms with E-state index >= 15 is 0 Å². The van der Waals surface area contributed by atoms with E-state index in [0.717, 1.165) is 77.9 Å². The Morgan fingerprint density at radius 1 is 0.510 bits per heavy atom. The second-order valence-electron chi connectivity index (χ2n) is 24.1. The van der Waals surface area contributed by atoms with E-state index in [1.54, 1.807) is 71.8 Å². The molecule has 5 aromatic carbocycles. The maximum Gasteiger partial charge on any atom is 0.335 e. The van der Waals surface area contributed by atoms with Crippen LogP contribution in [0.1, 0.15) is 95.2 Å². The van der Waals surface area contributed by atoms with E-state index in [4.69, 9.17) is 82.7 Å². The van der Waals surface area contributed by atoms with Crippen LogP contribution in [0, 0.1) is 12.3 Å². The van der Waals surface area contributed by atoms with Crippen molar-refractivity contribution in [2.75, 3.05) is 114 Å². The number of aliphatic imine (C=N–C) groups is 2. The van der Waals surface area contributed by atoms with Crippen molar-refractivity contribution in [1.82, 2.24) is 9.80 Å². The Labute approximate surface area is 581 Å². The number of carbonyl (C=O) groups excluding carboxylic acids is 2. The van der Waals surface area contributed by atoms with Gasteiger partial charge in [0, 0.05) is 122 Å². The summed E-state index contributed by atoms with van der Waals surface area (Å²) in [6, 6.07) is 26.9. The number of fused-ring (bicyclic) bond motifs is 4. The molecule has 10 rings (SSSR count). The van der Waals surface area contributed by atoms with Crippen molar-refractivity contribution in [3.63, 3.8) is 0 Å². The summed E-state index contributed by atoms with van der Waals surface area (Å²) in [5, 5.41) is 39.7. The van der Waals surface area contributed by atoms with E-state index in [1.807, 2.05) is 60.9 Å². The summed E-state index contributed by atoms with van der Waals surface area (Å²) in [7, 11) is 4.70. The van der Waals surface area contributed by atoms with Gasteiger partial charge in [0.05, 0.1) is 75.7 Å². The Balaban J connectivity index is 0.530. The van der Waals surface area contributed by atoms with Crippen LogP contribution >= 0.6 is 0 Å². The van der Waals surface area contributed by atoms with Crippen molar-refractivity contribution in [2.24, 2.45) is 9.98 Å². The van der Waals surface area contributed by atoms with Crippen molar-refractivity contribution >= 4 is 52.7 Å². The highest BCUT2D eigenvalue weighted by Crippen LogP contribution is 2.43. The van der Waals surface area contributed by atoms with Crippen molar-refractivity contribution in [2.45, 2.75) is 107 Å². The molecule has 5 aromatic rings. The topological polar surface area (TPSA) is 293 Å². The van der Waals surface area contributed by atoms with Gasteiger partial charge < -0.3 is 96.5 Å². The van der Waals surface area contributed by atoms with Gasteiger partial charge >= 0.3 is 5.97 Å². The van der Waals surface area contributed by atoms with Gasteiger partial charge in [-0.25, -0.2) is 4.79 Å². The number of nitrogens with zero attached hydrogens (tertiary/aromatic N) is 4. The lowest BCUT2D eigenvalue weighted by Crippen LogP contribution is -2.61. The molecule has 0 radical (unpaired) electrons. The molecule has 25 heteroatoms. The second kappa shape index (κ2) is 37.4. The average molecular weight is 1380 g/mol. The molecular formula is C75H88N4O21. The number of aryl methyl sites for hydroxylation is 1. The number of carboxylic acids is 1. The summed E-state index contributed by atoms with van der Waals surface area (Å²) in [6.07, 6.45) is 11.3. The number of aliphatic carboxylic acids is 1. The third-order valence-corrected chi connectivity index (χ3v) is 17.1. The number of ether oxygens (including phenoxy) is 14. The predicted molar refractivity (Wildman–Crippen MR) is 369 cm³/mol. The largest absolute Gasteiger partial charge is 0.497 e. The molecule has 7 atom stereocenters. The second-order valence-corrected chi connectivity index (χ2v) is 24.1. The van der Waals surface area contributed by atoms with Crippen LogP contribution in [-0.4, -0.2) is 217 Å². The number of hydrogen-bond donors (Lipinski definition) is 4. The lowest BCUT2D eigenvalue weighted by atomic mass is 9.99. The van der Waals surface area contributed by atoms with Gasteiger partial charge in [0.15, 0.2) is 29.1 Å². The van der Waals surface area contributed by atoms with Crippen LogP contribution < -0.4 is 37.9 Å². The highest BCUT2D eigenvalue weighted by atomic mass is 16.7. The third kappa shape index (κ3) is 19.7. The summed E-state index contributed by atoms with van der Waals surface area (Å²) >= 11 is 0. The Morgan fingerprint density at radius 3 is 1.48 bits per heavy atom. The van der Waals surface area contributed by atoms with E-state index in [2.05, 4.69) is 5.92 Å². The molecule has 100 heavy (non-hydrogen) atoms. The summed E-state index contributed by atoms with van der Waals surface area (Å²) in [4.78, 5) is 52.4. The number of unbranched alkanes of at least 4 members (excludes halogenated alkanes) is 1. The van der Waals surface area contributed by atoms with Crippen molar-refractivity contribution in [3.8, 4) is 58.3 Å². The molecule has 4 N–H and O–H groups in total. The zero-order valence-corrected chi connectivity index (χ0v) is 56.6. The van der Waals surface area contributed by atoms with Crippen LogP contribution in [0.25, 0.3) is 11.1 Å². The minimum Gasteiger partial charge on any atom is -0.497 e. The fraction of sp³-hybridized carbons (Fsp3) is 0.453. The molecule has 0 bridgehead atoms. The molecule has 5 aliphatic heterocycles. The molecule has 0 saturated carbocycles. The maximum atomic E-state index is 14.1. The van der Waals surface area contributed by atoms with E-state index in [9.17, 15) is 34.8 Å². The van der Waals surface area contributed by atoms with Crippen molar-refractivity contribution in [1.29, 1.82) is 0 Å². The SMILES string of the molecule is C#CCOc1cc(O[C@@H]2O[C@H](C(=O)O)[C@@H](O)[C@H](O)[C@H]2O)ccc1CCCCOCCCOCCCOCCCOCCCOCCOc1ccc(C2=CN3C(=O)c4cc(OC)c(OCCCOc5cc6c(cc5OC)C(=O)N5C=C(c7ccc(OC)cc7)CC5C=N6)cc4N=CC3C2)cc1. The molecule has 534 valence electrons. The number of carboxylic acid groups (broad SMARTS) is 1. The molecule has 0 aliphatic carbocycles. The average Bonchev–Trinajstić information content (AvgIpc) is 1.61. The van der Waals surface area contributed by atoms with Gasteiger partial charge in [-0.3, -0.25) is 19.6 Å². The Hall–Kier alpha value is -9.07. The summed E-state index contributed by atoms with van der Waals surface area (Å²) in [5.41, 5.74) is 6.70. The Kier molecular flexibility index (Phi) is 27.5. The number of benzene rings is 5. The maximum absolute atomic E-state index is 14.1.